The number of methoxy groups -OCH3 is 1. The van der Waals surface area contributed by atoms with Gasteiger partial charge in [0.1, 0.15) is 18.5 Å². The average molecular weight is 483 g/mol. The molecule has 3 rings (SSSR count). The molecule has 0 amide bonds. The third-order valence-electron chi connectivity index (χ3n) is 4.34. The van der Waals surface area contributed by atoms with Crippen LogP contribution < -0.4 is 9.47 Å². The number of ether oxygens (including phenoxy) is 2. The first-order valence-corrected chi connectivity index (χ1v) is 9.57. The highest BCUT2D eigenvalue weighted by Crippen LogP contribution is 2.35. The zero-order valence-corrected chi connectivity index (χ0v) is 17.9. The third-order valence-corrected chi connectivity index (χ3v) is 5.14. The molecule has 1 aromatic heterocycles. The number of hydrogen-bond acceptors (Lipinski definition) is 4. The van der Waals surface area contributed by atoms with E-state index in [-0.39, 0.29) is 6.61 Å². The summed E-state index contributed by atoms with van der Waals surface area (Å²) in [5.74, 6) is 4.12. The van der Waals surface area contributed by atoms with Gasteiger partial charge in [0.15, 0.2) is 11.5 Å². The number of aromatic nitrogens is 2. The van der Waals surface area contributed by atoms with Crippen LogP contribution in [0.5, 0.6) is 11.5 Å². The Morgan fingerprint density at radius 3 is 2.71 bits per heavy atom. The maximum atomic E-state index is 9.68. The van der Waals surface area contributed by atoms with Gasteiger partial charge in [-0.25, -0.2) is 4.98 Å². The van der Waals surface area contributed by atoms with Crippen LogP contribution in [0.25, 0.3) is 22.7 Å². The number of hydrogen-bond donors (Lipinski definition) is 1. The Hall–Kier alpha value is -2.97. The molecule has 140 valence electrons. The van der Waals surface area contributed by atoms with Gasteiger partial charge in [-0.3, -0.25) is 0 Å². The SMILES string of the molecule is C#CCOc1c(I)cc(/C=C(\C#N)c2nc3cc(C)c(C)cc3[nH]2)cc1OC. The molecule has 0 saturated carbocycles. The predicted octanol–water partition coefficient (Wildman–Crippen LogP) is 4.87. The number of aryl methyl sites for hydroxylation is 2. The number of terminal acetylenes is 1. The topological polar surface area (TPSA) is 70.9 Å². The molecule has 0 aliphatic carbocycles. The zero-order chi connectivity index (χ0) is 20.3. The summed E-state index contributed by atoms with van der Waals surface area (Å²) in [5, 5.41) is 9.68. The summed E-state index contributed by atoms with van der Waals surface area (Å²) in [6.45, 7) is 4.25. The number of nitrogens with one attached hydrogen (secondary N) is 1. The molecule has 0 saturated heterocycles. The van der Waals surface area contributed by atoms with Crippen molar-refractivity contribution < 1.29 is 9.47 Å². The Balaban J connectivity index is 2.05. The number of allylic oxidation sites excluding steroid dienone is 1. The van der Waals surface area contributed by atoms with Crippen LogP contribution in [0, 0.1) is 41.1 Å². The lowest BCUT2D eigenvalue weighted by molar-refractivity contribution is 0.328. The number of fused-ring (bicyclic) bond motifs is 1. The minimum absolute atomic E-state index is 0.156. The Bertz CT molecular complexity index is 1120. The Labute approximate surface area is 177 Å². The van der Waals surface area contributed by atoms with Gasteiger partial charge in [0.2, 0.25) is 0 Å². The van der Waals surface area contributed by atoms with E-state index in [1.165, 1.54) is 5.56 Å². The second-order valence-electron chi connectivity index (χ2n) is 6.24. The molecule has 0 aliphatic rings. The third kappa shape index (κ3) is 3.97. The van der Waals surface area contributed by atoms with Crippen molar-refractivity contribution in [3.8, 4) is 29.9 Å². The van der Waals surface area contributed by atoms with Crippen molar-refractivity contribution in [1.82, 2.24) is 9.97 Å². The lowest BCUT2D eigenvalue weighted by Gasteiger charge is -2.12. The first-order valence-electron chi connectivity index (χ1n) is 8.49. The number of halogens is 1. The van der Waals surface area contributed by atoms with E-state index in [4.69, 9.17) is 15.9 Å². The molecule has 3 aromatic rings. The minimum Gasteiger partial charge on any atom is -0.493 e. The minimum atomic E-state index is 0.156. The number of nitriles is 1. The van der Waals surface area contributed by atoms with Crippen LogP contribution >= 0.6 is 22.6 Å². The Kier molecular flexibility index (Phi) is 5.91. The standard InChI is InChI=1S/C22H18IN3O2/c1-5-6-28-21-17(23)10-15(11-20(21)27-4)9-16(12-24)22-25-18-7-13(2)14(3)8-19(18)26-22/h1,7-11H,6H2,2-4H3,(H,25,26)/b16-9+. The van der Waals surface area contributed by atoms with Gasteiger partial charge in [0.05, 0.1) is 27.3 Å². The molecule has 0 radical (unpaired) electrons. The van der Waals surface area contributed by atoms with Gasteiger partial charge >= 0.3 is 0 Å². The van der Waals surface area contributed by atoms with E-state index in [0.29, 0.717) is 22.9 Å². The van der Waals surface area contributed by atoms with E-state index in [0.717, 1.165) is 25.7 Å². The molecular weight excluding hydrogens is 465 g/mol. The van der Waals surface area contributed by atoms with Gasteiger partial charge in [0.25, 0.3) is 0 Å². The van der Waals surface area contributed by atoms with Crippen molar-refractivity contribution in [2.45, 2.75) is 13.8 Å². The van der Waals surface area contributed by atoms with Crippen molar-refractivity contribution in [1.29, 1.82) is 5.26 Å². The van der Waals surface area contributed by atoms with E-state index < -0.39 is 0 Å². The van der Waals surface area contributed by atoms with Crippen molar-refractivity contribution >= 4 is 45.3 Å². The normalized spacial score (nSPS) is 11.1. The second-order valence-corrected chi connectivity index (χ2v) is 7.40. The molecule has 0 spiro atoms. The summed E-state index contributed by atoms with van der Waals surface area (Å²) < 4.78 is 11.8. The largest absolute Gasteiger partial charge is 0.493 e. The molecule has 0 fully saturated rings. The van der Waals surface area contributed by atoms with Crippen molar-refractivity contribution in [3.05, 3.63) is 50.4 Å². The van der Waals surface area contributed by atoms with Gasteiger partial charge in [-0.15, -0.1) is 6.42 Å². The molecule has 1 N–H and O–H groups in total. The molecule has 0 unspecified atom stereocenters. The highest BCUT2D eigenvalue weighted by Gasteiger charge is 2.13. The number of benzene rings is 2. The molecule has 5 nitrogen and oxygen atoms in total. The fourth-order valence-corrected chi connectivity index (χ4v) is 3.58. The smallest absolute Gasteiger partial charge is 0.175 e. The van der Waals surface area contributed by atoms with Crippen LogP contribution in [-0.2, 0) is 0 Å². The van der Waals surface area contributed by atoms with E-state index in [1.807, 2.05) is 38.1 Å². The average Bonchev–Trinajstić information content (AvgIpc) is 3.07. The molecule has 0 atom stereocenters. The predicted molar refractivity (Wildman–Crippen MR) is 119 cm³/mol. The molecule has 2 aromatic carbocycles. The number of rotatable bonds is 5. The van der Waals surface area contributed by atoms with Crippen LogP contribution in [0.15, 0.2) is 24.3 Å². The van der Waals surface area contributed by atoms with E-state index in [1.54, 1.807) is 13.2 Å². The lowest BCUT2D eigenvalue weighted by Crippen LogP contribution is -1.99. The van der Waals surface area contributed by atoms with E-state index in [2.05, 4.69) is 44.5 Å². The highest BCUT2D eigenvalue weighted by molar-refractivity contribution is 14.1. The molecule has 1 heterocycles. The Morgan fingerprint density at radius 1 is 1.29 bits per heavy atom. The molecule has 0 aliphatic heterocycles. The first kappa shape index (κ1) is 19.8. The van der Waals surface area contributed by atoms with Crippen LogP contribution in [0.2, 0.25) is 0 Å². The van der Waals surface area contributed by atoms with E-state index >= 15 is 0 Å². The van der Waals surface area contributed by atoms with Crippen LogP contribution in [0.3, 0.4) is 0 Å². The summed E-state index contributed by atoms with van der Waals surface area (Å²) in [6, 6.07) is 10.0. The van der Waals surface area contributed by atoms with E-state index in [9.17, 15) is 5.26 Å². The van der Waals surface area contributed by atoms with Gasteiger partial charge in [-0.1, -0.05) is 5.92 Å². The molecular formula is C22H18IN3O2. The fraction of sp³-hybridized carbons (Fsp3) is 0.182. The number of nitrogens with zero attached hydrogens (tertiary/aromatic N) is 2. The number of H-pyrrole nitrogens is 1. The van der Waals surface area contributed by atoms with Gasteiger partial charge in [-0.05, 0) is 83.5 Å². The van der Waals surface area contributed by atoms with Crippen LogP contribution in [0.1, 0.15) is 22.5 Å². The molecule has 6 heteroatoms. The first-order chi connectivity index (χ1) is 13.5. The van der Waals surface area contributed by atoms with Crippen LogP contribution in [-0.4, -0.2) is 23.7 Å². The van der Waals surface area contributed by atoms with Crippen LogP contribution in [0.4, 0.5) is 0 Å². The molecule has 0 bridgehead atoms. The van der Waals surface area contributed by atoms with Crippen molar-refractivity contribution in [3.63, 3.8) is 0 Å². The van der Waals surface area contributed by atoms with Crippen molar-refractivity contribution in [2.75, 3.05) is 13.7 Å². The number of imidazole rings is 1. The summed E-state index contributed by atoms with van der Waals surface area (Å²) in [5.41, 5.74) is 5.32. The van der Waals surface area contributed by atoms with Gasteiger partial charge in [-0.2, -0.15) is 5.26 Å². The van der Waals surface area contributed by atoms with Gasteiger partial charge < -0.3 is 14.5 Å². The fourth-order valence-electron chi connectivity index (χ4n) is 2.79. The monoisotopic (exact) mass is 483 g/mol. The van der Waals surface area contributed by atoms with Gasteiger partial charge in [0, 0.05) is 0 Å². The Morgan fingerprint density at radius 2 is 2.04 bits per heavy atom. The number of aromatic amines is 1. The summed E-state index contributed by atoms with van der Waals surface area (Å²) in [7, 11) is 1.57. The molecule has 28 heavy (non-hydrogen) atoms. The zero-order valence-electron chi connectivity index (χ0n) is 15.8. The maximum Gasteiger partial charge on any atom is 0.175 e. The van der Waals surface area contributed by atoms with Crippen molar-refractivity contribution in [2.24, 2.45) is 0 Å². The summed E-state index contributed by atoms with van der Waals surface area (Å²) in [6.07, 6.45) is 7.04. The lowest BCUT2D eigenvalue weighted by atomic mass is 10.1. The maximum absolute atomic E-state index is 9.68. The highest BCUT2D eigenvalue weighted by atomic mass is 127. The summed E-state index contributed by atoms with van der Waals surface area (Å²) in [4.78, 5) is 7.81. The summed E-state index contributed by atoms with van der Waals surface area (Å²) >= 11 is 2.16. The second kappa shape index (κ2) is 8.37. The quantitative estimate of drug-likeness (QED) is 0.320.